The van der Waals surface area contributed by atoms with Crippen LogP contribution in [0.15, 0.2) is 0 Å². The van der Waals surface area contributed by atoms with Gasteiger partial charge in [-0.1, -0.05) is 0 Å². The molecule has 88 valence electrons. The molecule has 1 aliphatic heterocycles. The zero-order valence-corrected chi connectivity index (χ0v) is 9.41. The SMILES string of the molecule is COCC(C)NC(=O)CC1CNCCO1. The number of hydrogen-bond acceptors (Lipinski definition) is 4. The minimum absolute atomic E-state index is 0.00787. The van der Waals surface area contributed by atoms with Crippen LogP contribution in [-0.4, -0.2) is 51.5 Å². The Balaban J connectivity index is 2.16. The molecule has 1 heterocycles. The molecule has 5 heteroatoms. The lowest BCUT2D eigenvalue weighted by molar-refractivity contribution is -0.125. The molecular weight excluding hydrogens is 196 g/mol. The van der Waals surface area contributed by atoms with E-state index in [2.05, 4.69) is 10.6 Å². The summed E-state index contributed by atoms with van der Waals surface area (Å²) in [4.78, 5) is 11.5. The third-order valence-electron chi connectivity index (χ3n) is 2.24. The van der Waals surface area contributed by atoms with Crippen LogP contribution in [0.4, 0.5) is 0 Å². The smallest absolute Gasteiger partial charge is 0.222 e. The highest BCUT2D eigenvalue weighted by molar-refractivity contribution is 5.76. The first-order chi connectivity index (χ1) is 7.22. The molecule has 0 radical (unpaired) electrons. The van der Waals surface area contributed by atoms with E-state index in [1.54, 1.807) is 7.11 Å². The summed E-state index contributed by atoms with van der Waals surface area (Å²) in [5, 5.41) is 6.05. The van der Waals surface area contributed by atoms with Crippen molar-refractivity contribution in [1.29, 1.82) is 0 Å². The summed E-state index contributed by atoms with van der Waals surface area (Å²) in [5.41, 5.74) is 0. The molecule has 0 spiro atoms. The molecule has 0 aromatic carbocycles. The number of nitrogens with one attached hydrogen (secondary N) is 2. The molecule has 1 saturated heterocycles. The predicted octanol–water partition coefficient (Wildman–Crippen LogP) is -0.484. The lowest BCUT2D eigenvalue weighted by atomic mass is 10.2. The van der Waals surface area contributed by atoms with E-state index in [1.807, 2.05) is 6.92 Å². The molecule has 0 aliphatic carbocycles. The molecule has 0 aromatic heterocycles. The number of methoxy groups -OCH3 is 1. The molecule has 0 aromatic rings. The summed E-state index contributed by atoms with van der Waals surface area (Å²) in [5.74, 6) is 0.0215. The summed E-state index contributed by atoms with van der Waals surface area (Å²) in [7, 11) is 1.62. The molecule has 15 heavy (non-hydrogen) atoms. The van der Waals surface area contributed by atoms with E-state index in [0.717, 1.165) is 13.1 Å². The zero-order chi connectivity index (χ0) is 11.1. The van der Waals surface area contributed by atoms with Crippen molar-refractivity contribution in [2.75, 3.05) is 33.4 Å². The van der Waals surface area contributed by atoms with Crippen LogP contribution in [0.2, 0.25) is 0 Å². The third-order valence-corrected chi connectivity index (χ3v) is 2.24. The van der Waals surface area contributed by atoms with Gasteiger partial charge in [-0.3, -0.25) is 4.79 Å². The van der Waals surface area contributed by atoms with E-state index >= 15 is 0 Å². The molecule has 0 bridgehead atoms. The maximum absolute atomic E-state index is 11.5. The fourth-order valence-electron chi connectivity index (χ4n) is 1.58. The van der Waals surface area contributed by atoms with Crippen LogP contribution in [0, 0.1) is 0 Å². The van der Waals surface area contributed by atoms with Crippen molar-refractivity contribution >= 4 is 5.91 Å². The van der Waals surface area contributed by atoms with Gasteiger partial charge < -0.3 is 20.1 Å². The molecule has 0 saturated carbocycles. The second kappa shape index (κ2) is 6.76. The molecule has 1 rings (SSSR count). The molecule has 5 nitrogen and oxygen atoms in total. The Bertz CT molecular complexity index is 193. The molecule has 2 N–H and O–H groups in total. The standard InChI is InChI=1S/C10H20N2O3/c1-8(7-14-2)12-10(13)5-9-6-11-3-4-15-9/h8-9,11H,3-7H2,1-2H3,(H,12,13). The Labute approximate surface area is 90.5 Å². The Morgan fingerprint density at radius 2 is 2.53 bits per heavy atom. The lowest BCUT2D eigenvalue weighted by Gasteiger charge is -2.23. The van der Waals surface area contributed by atoms with Gasteiger partial charge in [0.2, 0.25) is 5.91 Å². The summed E-state index contributed by atoms with van der Waals surface area (Å²) in [6.45, 7) is 4.77. The molecule has 1 amide bonds. The quantitative estimate of drug-likeness (QED) is 0.651. The first-order valence-electron chi connectivity index (χ1n) is 5.33. The van der Waals surface area contributed by atoms with Crippen molar-refractivity contribution in [3.05, 3.63) is 0 Å². The first-order valence-corrected chi connectivity index (χ1v) is 5.33. The highest BCUT2D eigenvalue weighted by Crippen LogP contribution is 2.01. The topological polar surface area (TPSA) is 59.6 Å². The van der Waals surface area contributed by atoms with E-state index < -0.39 is 0 Å². The second-order valence-corrected chi connectivity index (χ2v) is 3.82. The van der Waals surface area contributed by atoms with Crippen LogP contribution in [0.25, 0.3) is 0 Å². The van der Waals surface area contributed by atoms with Gasteiger partial charge in [-0.2, -0.15) is 0 Å². The van der Waals surface area contributed by atoms with Gasteiger partial charge in [-0.15, -0.1) is 0 Å². The average molecular weight is 216 g/mol. The van der Waals surface area contributed by atoms with E-state index in [-0.39, 0.29) is 18.1 Å². The predicted molar refractivity (Wildman–Crippen MR) is 56.7 cm³/mol. The number of carbonyl (C=O) groups excluding carboxylic acids is 1. The van der Waals surface area contributed by atoms with Gasteiger partial charge in [-0.25, -0.2) is 0 Å². The van der Waals surface area contributed by atoms with Crippen molar-refractivity contribution in [3.63, 3.8) is 0 Å². The highest BCUT2D eigenvalue weighted by Gasteiger charge is 2.18. The van der Waals surface area contributed by atoms with Crippen molar-refractivity contribution in [2.24, 2.45) is 0 Å². The lowest BCUT2D eigenvalue weighted by Crippen LogP contribution is -2.43. The van der Waals surface area contributed by atoms with Crippen molar-refractivity contribution in [3.8, 4) is 0 Å². The maximum Gasteiger partial charge on any atom is 0.222 e. The minimum atomic E-state index is 0.00787. The van der Waals surface area contributed by atoms with E-state index in [9.17, 15) is 4.79 Å². The molecule has 1 fully saturated rings. The highest BCUT2D eigenvalue weighted by atomic mass is 16.5. The Hall–Kier alpha value is -0.650. The van der Waals surface area contributed by atoms with Crippen LogP contribution in [0.3, 0.4) is 0 Å². The number of rotatable bonds is 5. The van der Waals surface area contributed by atoms with E-state index in [0.29, 0.717) is 19.6 Å². The van der Waals surface area contributed by atoms with Gasteiger partial charge in [0, 0.05) is 26.2 Å². The largest absolute Gasteiger partial charge is 0.383 e. The Morgan fingerprint density at radius 3 is 3.13 bits per heavy atom. The van der Waals surface area contributed by atoms with Crippen LogP contribution < -0.4 is 10.6 Å². The number of carbonyl (C=O) groups is 1. The van der Waals surface area contributed by atoms with Gasteiger partial charge in [0.1, 0.15) is 0 Å². The van der Waals surface area contributed by atoms with Gasteiger partial charge in [-0.05, 0) is 6.92 Å². The zero-order valence-electron chi connectivity index (χ0n) is 9.41. The number of amides is 1. The Kier molecular flexibility index (Phi) is 5.60. The fourth-order valence-corrected chi connectivity index (χ4v) is 1.58. The Morgan fingerprint density at radius 1 is 1.73 bits per heavy atom. The molecule has 2 unspecified atom stereocenters. The number of hydrogen-bond donors (Lipinski definition) is 2. The average Bonchev–Trinajstić information content (AvgIpc) is 2.19. The van der Waals surface area contributed by atoms with Gasteiger partial charge in [0.15, 0.2) is 0 Å². The molecular formula is C10H20N2O3. The third kappa shape index (κ3) is 5.11. The van der Waals surface area contributed by atoms with E-state index in [1.165, 1.54) is 0 Å². The van der Waals surface area contributed by atoms with Gasteiger partial charge >= 0.3 is 0 Å². The number of morpholine rings is 1. The monoisotopic (exact) mass is 216 g/mol. The summed E-state index contributed by atoms with van der Waals surface area (Å²) in [6.07, 6.45) is 0.426. The van der Waals surface area contributed by atoms with Crippen LogP contribution in [0.1, 0.15) is 13.3 Å². The van der Waals surface area contributed by atoms with Gasteiger partial charge in [0.05, 0.1) is 25.7 Å². The van der Waals surface area contributed by atoms with Crippen LogP contribution in [0.5, 0.6) is 0 Å². The normalized spacial score (nSPS) is 23.5. The van der Waals surface area contributed by atoms with Crippen molar-refractivity contribution < 1.29 is 14.3 Å². The summed E-state index contributed by atoms with van der Waals surface area (Å²) in [6, 6.07) is 0.0547. The second-order valence-electron chi connectivity index (χ2n) is 3.82. The first kappa shape index (κ1) is 12.4. The molecule has 2 atom stereocenters. The van der Waals surface area contributed by atoms with Gasteiger partial charge in [0.25, 0.3) is 0 Å². The minimum Gasteiger partial charge on any atom is -0.383 e. The molecule has 1 aliphatic rings. The van der Waals surface area contributed by atoms with Crippen LogP contribution >= 0.6 is 0 Å². The summed E-state index contributed by atoms with van der Waals surface area (Å²) < 4.78 is 10.4. The summed E-state index contributed by atoms with van der Waals surface area (Å²) >= 11 is 0. The number of ether oxygens (including phenoxy) is 2. The van der Waals surface area contributed by atoms with E-state index in [4.69, 9.17) is 9.47 Å². The van der Waals surface area contributed by atoms with Crippen LogP contribution in [-0.2, 0) is 14.3 Å². The van der Waals surface area contributed by atoms with Crippen molar-refractivity contribution in [1.82, 2.24) is 10.6 Å². The van der Waals surface area contributed by atoms with Crippen molar-refractivity contribution in [2.45, 2.75) is 25.5 Å². The fraction of sp³-hybridized carbons (Fsp3) is 0.900. The maximum atomic E-state index is 11.5.